The Morgan fingerprint density at radius 3 is 2.53 bits per heavy atom. The number of benzene rings is 1. The molecule has 2 rings (SSSR count). The average Bonchev–Trinajstić information content (AvgIpc) is 2.58. The molecule has 0 aliphatic carbocycles. The summed E-state index contributed by atoms with van der Waals surface area (Å²) in [5, 5.41) is 4.23. The van der Waals surface area contributed by atoms with Crippen LogP contribution in [0.25, 0.3) is 0 Å². The van der Waals surface area contributed by atoms with Crippen molar-refractivity contribution < 1.29 is 9.13 Å². The number of halogens is 1. The second kappa shape index (κ2) is 5.01. The zero-order chi connectivity index (χ0) is 14.2. The molecule has 1 heterocycles. The third-order valence-corrected chi connectivity index (χ3v) is 3.14. The standard InChI is InChI=1S/C14H18FN3O/c1-8(16)11-5-6-13(12(15)7-11)19-14-9(2)17-18(4)10(14)3/h5-8H,16H2,1-4H3/t8-/m1/s1. The normalized spacial score (nSPS) is 12.5. The molecule has 0 aliphatic heterocycles. The van der Waals surface area contributed by atoms with E-state index >= 15 is 0 Å². The van der Waals surface area contributed by atoms with Crippen LogP contribution in [-0.2, 0) is 7.05 Å². The van der Waals surface area contributed by atoms with E-state index in [9.17, 15) is 4.39 Å². The van der Waals surface area contributed by atoms with Crippen LogP contribution < -0.4 is 10.5 Å². The fourth-order valence-corrected chi connectivity index (χ4v) is 1.89. The Bertz CT molecular complexity index is 605. The topological polar surface area (TPSA) is 53.1 Å². The van der Waals surface area contributed by atoms with Gasteiger partial charge in [0.05, 0.1) is 5.69 Å². The number of ether oxygens (including phenoxy) is 1. The quantitative estimate of drug-likeness (QED) is 0.926. The Labute approximate surface area is 112 Å². The molecule has 2 N–H and O–H groups in total. The monoisotopic (exact) mass is 263 g/mol. The van der Waals surface area contributed by atoms with Crippen LogP contribution >= 0.6 is 0 Å². The maximum Gasteiger partial charge on any atom is 0.171 e. The number of aromatic nitrogens is 2. The summed E-state index contributed by atoms with van der Waals surface area (Å²) in [4.78, 5) is 0. The molecule has 0 unspecified atom stereocenters. The van der Waals surface area contributed by atoms with Crippen LogP contribution in [0.3, 0.4) is 0 Å². The number of nitrogens with zero attached hydrogens (tertiary/aromatic N) is 2. The van der Waals surface area contributed by atoms with Crippen LogP contribution in [0.15, 0.2) is 18.2 Å². The van der Waals surface area contributed by atoms with Gasteiger partial charge in [-0.25, -0.2) is 4.39 Å². The summed E-state index contributed by atoms with van der Waals surface area (Å²) < 4.78 is 21.3. The van der Waals surface area contributed by atoms with E-state index in [1.165, 1.54) is 6.07 Å². The maximum absolute atomic E-state index is 14.0. The van der Waals surface area contributed by atoms with Crippen molar-refractivity contribution in [3.8, 4) is 11.5 Å². The molecule has 4 nitrogen and oxygen atoms in total. The molecule has 0 spiro atoms. The molecule has 1 atom stereocenters. The van der Waals surface area contributed by atoms with Crippen molar-refractivity contribution >= 4 is 0 Å². The lowest BCUT2D eigenvalue weighted by atomic mass is 10.1. The average molecular weight is 263 g/mol. The van der Waals surface area contributed by atoms with E-state index in [0.29, 0.717) is 5.75 Å². The molecule has 0 amide bonds. The van der Waals surface area contributed by atoms with Gasteiger partial charge in [-0.2, -0.15) is 5.10 Å². The predicted molar refractivity (Wildman–Crippen MR) is 71.8 cm³/mol. The third kappa shape index (κ3) is 2.61. The van der Waals surface area contributed by atoms with Crippen molar-refractivity contribution in [2.75, 3.05) is 0 Å². The minimum Gasteiger partial charge on any atom is -0.450 e. The Morgan fingerprint density at radius 1 is 1.37 bits per heavy atom. The predicted octanol–water partition coefficient (Wildman–Crippen LogP) is 2.99. The summed E-state index contributed by atoms with van der Waals surface area (Å²) in [6.07, 6.45) is 0. The highest BCUT2D eigenvalue weighted by molar-refractivity contribution is 5.39. The Hall–Kier alpha value is -1.88. The zero-order valence-electron chi connectivity index (χ0n) is 11.6. The highest BCUT2D eigenvalue weighted by Crippen LogP contribution is 2.30. The van der Waals surface area contributed by atoms with Crippen LogP contribution in [0.2, 0.25) is 0 Å². The van der Waals surface area contributed by atoms with Crippen molar-refractivity contribution in [1.29, 1.82) is 0 Å². The van der Waals surface area contributed by atoms with Crippen LogP contribution in [-0.4, -0.2) is 9.78 Å². The molecule has 1 aromatic heterocycles. The SMILES string of the molecule is Cc1nn(C)c(C)c1Oc1ccc([C@@H](C)N)cc1F. The highest BCUT2D eigenvalue weighted by Gasteiger charge is 2.14. The van der Waals surface area contributed by atoms with E-state index in [1.807, 2.05) is 27.8 Å². The number of hydrogen-bond acceptors (Lipinski definition) is 3. The van der Waals surface area contributed by atoms with Crippen molar-refractivity contribution in [3.05, 3.63) is 41.0 Å². The van der Waals surface area contributed by atoms with Gasteiger partial charge in [-0.15, -0.1) is 0 Å². The van der Waals surface area contributed by atoms with Gasteiger partial charge >= 0.3 is 0 Å². The van der Waals surface area contributed by atoms with Crippen molar-refractivity contribution in [2.45, 2.75) is 26.8 Å². The molecule has 0 fully saturated rings. The molecule has 0 aliphatic rings. The lowest BCUT2D eigenvalue weighted by molar-refractivity contribution is 0.435. The van der Waals surface area contributed by atoms with Gasteiger partial charge in [0.25, 0.3) is 0 Å². The fourth-order valence-electron chi connectivity index (χ4n) is 1.89. The minimum atomic E-state index is -0.419. The number of aryl methyl sites for hydroxylation is 2. The molecule has 0 bridgehead atoms. The maximum atomic E-state index is 14.0. The molecule has 0 radical (unpaired) electrons. The van der Waals surface area contributed by atoms with E-state index < -0.39 is 5.82 Å². The summed E-state index contributed by atoms with van der Waals surface area (Å²) in [5.41, 5.74) is 8.04. The lowest BCUT2D eigenvalue weighted by Gasteiger charge is -2.10. The largest absolute Gasteiger partial charge is 0.450 e. The molecule has 1 aromatic carbocycles. The minimum absolute atomic E-state index is 0.184. The summed E-state index contributed by atoms with van der Waals surface area (Å²) in [6.45, 7) is 5.52. The summed E-state index contributed by atoms with van der Waals surface area (Å²) in [7, 11) is 1.82. The van der Waals surface area contributed by atoms with Gasteiger partial charge in [-0.3, -0.25) is 4.68 Å². The number of hydrogen-bond donors (Lipinski definition) is 1. The van der Waals surface area contributed by atoms with Crippen LogP contribution in [0, 0.1) is 19.7 Å². The first-order valence-corrected chi connectivity index (χ1v) is 6.13. The molecular weight excluding hydrogens is 245 g/mol. The van der Waals surface area contributed by atoms with Crippen molar-refractivity contribution in [3.63, 3.8) is 0 Å². The van der Waals surface area contributed by atoms with Crippen LogP contribution in [0.1, 0.15) is 29.9 Å². The summed E-state index contributed by atoms with van der Waals surface area (Å²) in [5.74, 6) is 0.357. The molecular formula is C14H18FN3O. The first-order chi connectivity index (χ1) is 8.90. The molecule has 5 heteroatoms. The van der Waals surface area contributed by atoms with Crippen LogP contribution in [0.4, 0.5) is 4.39 Å². The number of nitrogens with two attached hydrogens (primary N) is 1. The second-order valence-corrected chi connectivity index (χ2v) is 4.70. The highest BCUT2D eigenvalue weighted by atomic mass is 19.1. The molecule has 0 saturated heterocycles. The van der Waals surface area contributed by atoms with E-state index in [1.54, 1.807) is 16.8 Å². The summed E-state index contributed by atoms with van der Waals surface area (Å²) >= 11 is 0. The first kappa shape index (κ1) is 13.5. The summed E-state index contributed by atoms with van der Waals surface area (Å²) in [6, 6.07) is 4.57. The number of rotatable bonds is 3. The van der Waals surface area contributed by atoms with Gasteiger partial charge in [0.1, 0.15) is 5.69 Å². The Kier molecular flexibility index (Phi) is 3.57. The van der Waals surface area contributed by atoms with Crippen molar-refractivity contribution in [1.82, 2.24) is 9.78 Å². The first-order valence-electron chi connectivity index (χ1n) is 6.13. The second-order valence-electron chi connectivity index (χ2n) is 4.70. The fraction of sp³-hybridized carbons (Fsp3) is 0.357. The third-order valence-electron chi connectivity index (χ3n) is 3.14. The molecule has 19 heavy (non-hydrogen) atoms. The van der Waals surface area contributed by atoms with Gasteiger partial charge in [-0.1, -0.05) is 6.07 Å². The van der Waals surface area contributed by atoms with Gasteiger partial charge in [0.15, 0.2) is 17.3 Å². The smallest absolute Gasteiger partial charge is 0.171 e. The molecule has 0 saturated carbocycles. The Morgan fingerprint density at radius 2 is 2.05 bits per heavy atom. The van der Waals surface area contributed by atoms with Gasteiger partial charge in [0, 0.05) is 13.1 Å². The Balaban J connectivity index is 2.34. The van der Waals surface area contributed by atoms with Gasteiger partial charge in [0.2, 0.25) is 0 Å². The van der Waals surface area contributed by atoms with Crippen molar-refractivity contribution in [2.24, 2.45) is 12.8 Å². The van der Waals surface area contributed by atoms with E-state index in [0.717, 1.165) is 17.0 Å². The van der Waals surface area contributed by atoms with E-state index in [4.69, 9.17) is 10.5 Å². The van der Waals surface area contributed by atoms with Crippen LogP contribution in [0.5, 0.6) is 11.5 Å². The van der Waals surface area contributed by atoms with Gasteiger partial charge < -0.3 is 10.5 Å². The molecule has 2 aromatic rings. The van der Waals surface area contributed by atoms with E-state index in [-0.39, 0.29) is 11.8 Å². The van der Waals surface area contributed by atoms with E-state index in [2.05, 4.69) is 5.10 Å². The lowest BCUT2D eigenvalue weighted by Crippen LogP contribution is -2.05. The van der Waals surface area contributed by atoms with Gasteiger partial charge in [-0.05, 0) is 38.5 Å². The zero-order valence-corrected chi connectivity index (χ0v) is 11.6. The molecule has 102 valence electrons.